The van der Waals surface area contributed by atoms with Crippen LogP contribution in [0.5, 0.6) is 0 Å². The van der Waals surface area contributed by atoms with Crippen LogP contribution in [0.3, 0.4) is 0 Å². The summed E-state index contributed by atoms with van der Waals surface area (Å²) >= 11 is 6.92. The summed E-state index contributed by atoms with van der Waals surface area (Å²) in [5.41, 5.74) is 2.93. The van der Waals surface area contributed by atoms with E-state index in [1.54, 1.807) is 6.92 Å². The van der Waals surface area contributed by atoms with Gasteiger partial charge in [0, 0.05) is 14.5 Å². The van der Waals surface area contributed by atoms with Crippen LogP contribution < -0.4 is 0 Å². The molecule has 0 unspecified atom stereocenters. The topological polar surface area (TPSA) is 17.1 Å². The van der Waals surface area contributed by atoms with E-state index in [1.165, 1.54) is 0 Å². The highest BCUT2D eigenvalue weighted by Crippen LogP contribution is 2.30. The number of benzene rings is 2. The van der Waals surface area contributed by atoms with Crippen LogP contribution in [0.1, 0.15) is 17.3 Å². The molecule has 0 aliphatic carbocycles. The lowest BCUT2D eigenvalue weighted by Crippen LogP contribution is -1.92. The Balaban J connectivity index is 2.46. The van der Waals surface area contributed by atoms with Gasteiger partial charge in [-0.05, 0) is 36.2 Å². The number of ketones is 1. The molecule has 0 amide bonds. The van der Waals surface area contributed by atoms with E-state index >= 15 is 0 Å². The lowest BCUT2D eigenvalue weighted by atomic mass is 10.0. The SMILES string of the molecule is CC(=O)c1ccc(-c2ccc(Br)cc2)c(Br)c1. The van der Waals surface area contributed by atoms with Crippen LogP contribution in [-0.4, -0.2) is 5.78 Å². The van der Waals surface area contributed by atoms with Crippen molar-refractivity contribution in [1.29, 1.82) is 0 Å². The number of rotatable bonds is 2. The summed E-state index contributed by atoms with van der Waals surface area (Å²) in [6.45, 7) is 1.57. The molecule has 2 rings (SSSR count). The fraction of sp³-hybridized carbons (Fsp3) is 0.0714. The van der Waals surface area contributed by atoms with Crippen molar-refractivity contribution >= 4 is 37.6 Å². The van der Waals surface area contributed by atoms with Crippen LogP contribution in [-0.2, 0) is 0 Å². The third-order valence-electron chi connectivity index (χ3n) is 2.53. The predicted molar refractivity (Wildman–Crippen MR) is 77.3 cm³/mol. The van der Waals surface area contributed by atoms with Crippen LogP contribution in [0.2, 0.25) is 0 Å². The van der Waals surface area contributed by atoms with Crippen LogP contribution in [0.15, 0.2) is 51.4 Å². The summed E-state index contributed by atoms with van der Waals surface area (Å²) in [6.07, 6.45) is 0. The third kappa shape index (κ3) is 2.85. The lowest BCUT2D eigenvalue weighted by molar-refractivity contribution is 0.101. The summed E-state index contributed by atoms with van der Waals surface area (Å²) in [7, 11) is 0. The first-order valence-electron chi connectivity index (χ1n) is 5.14. The van der Waals surface area contributed by atoms with Crippen LogP contribution in [0, 0.1) is 0 Å². The molecule has 0 heterocycles. The Morgan fingerprint density at radius 2 is 1.65 bits per heavy atom. The zero-order chi connectivity index (χ0) is 12.4. The summed E-state index contributed by atoms with van der Waals surface area (Å²) < 4.78 is 1.99. The molecule has 0 atom stereocenters. The second kappa shape index (κ2) is 5.15. The van der Waals surface area contributed by atoms with Gasteiger partial charge in [0.2, 0.25) is 0 Å². The Bertz CT molecular complexity index is 559. The highest BCUT2D eigenvalue weighted by molar-refractivity contribution is 9.10. The van der Waals surface area contributed by atoms with E-state index in [1.807, 2.05) is 42.5 Å². The molecular weight excluding hydrogens is 344 g/mol. The maximum Gasteiger partial charge on any atom is 0.159 e. The van der Waals surface area contributed by atoms with Crippen molar-refractivity contribution in [3.05, 3.63) is 57.0 Å². The van der Waals surface area contributed by atoms with Crippen molar-refractivity contribution in [2.75, 3.05) is 0 Å². The van der Waals surface area contributed by atoms with Gasteiger partial charge in [0.25, 0.3) is 0 Å². The highest BCUT2D eigenvalue weighted by atomic mass is 79.9. The molecule has 0 radical (unpaired) electrons. The molecule has 0 saturated carbocycles. The summed E-state index contributed by atoms with van der Waals surface area (Å²) in [4.78, 5) is 11.3. The van der Waals surface area contributed by atoms with Gasteiger partial charge in [-0.2, -0.15) is 0 Å². The molecule has 0 N–H and O–H groups in total. The summed E-state index contributed by atoms with van der Waals surface area (Å²) in [5, 5.41) is 0. The van der Waals surface area contributed by atoms with Gasteiger partial charge in [-0.25, -0.2) is 0 Å². The fourth-order valence-corrected chi connectivity index (χ4v) is 2.47. The number of halogens is 2. The summed E-state index contributed by atoms with van der Waals surface area (Å²) in [5.74, 6) is 0.0769. The molecule has 2 aromatic rings. The number of carbonyl (C=O) groups is 1. The van der Waals surface area contributed by atoms with E-state index < -0.39 is 0 Å². The molecule has 0 bridgehead atoms. The van der Waals surface area contributed by atoms with Crippen molar-refractivity contribution in [2.45, 2.75) is 6.92 Å². The van der Waals surface area contributed by atoms with Gasteiger partial charge < -0.3 is 0 Å². The van der Waals surface area contributed by atoms with E-state index in [2.05, 4.69) is 31.9 Å². The largest absolute Gasteiger partial charge is 0.295 e. The van der Waals surface area contributed by atoms with E-state index in [0.717, 1.165) is 25.6 Å². The minimum Gasteiger partial charge on any atom is -0.295 e. The zero-order valence-corrected chi connectivity index (χ0v) is 12.4. The first-order chi connectivity index (χ1) is 8.08. The van der Waals surface area contributed by atoms with Gasteiger partial charge in [-0.15, -0.1) is 0 Å². The first kappa shape index (κ1) is 12.5. The van der Waals surface area contributed by atoms with Gasteiger partial charge in [0.05, 0.1) is 0 Å². The van der Waals surface area contributed by atoms with Crippen molar-refractivity contribution < 1.29 is 4.79 Å². The molecule has 17 heavy (non-hydrogen) atoms. The Labute approximate surface area is 117 Å². The smallest absolute Gasteiger partial charge is 0.159 e. The van der Waals surface area contributed by atoms with E-state index in [0.29, 0.717) is 0 Å². The molecule has 86 valence electrons. The fourth-order valence-electron chi connectivity index (χ4n) is 1.60. The minimum atomic E-state index is 0.0769. The first-order valence-corrected chi connectivity index (χ1v) is 6.73. The Hall–Kier alpha value is -0.930. The minimum absolute atomic E-state index is 0.0769. The molecule has 0 saturated heterocycles. The Kier molecular flexibility index (Phi) is 3.79. The molecule has 3 heteroatoms. The predicted octanol–water partition coefficient (Wildman–Crippen LogP) is 5.08. The van der Waals surface area contributed by atoms with Crippen LogP contribution >= 0.6 is 31.9 Å². The number of hydrogen-bond acceptors (Lipinski definition) is 1. The zero-order valence-electron chi connectivity index (χ0n) is 9.21. The standard InChI is InChI=1S/C14H10Br2O/c1-9(17)11-4-7-13(14(16)8-11)10-2-5-12(15)6-3-10/h2-8H,1H3. The molecule has 2 aromatic carbocycles. The Morgan fingerprint density at radius 1 is 1.00 bits per heavy atom. The van der Waals surface area contributed by atoms with Gasteiger partial charge in [0.1, 0.15) is 0 Å². The highest BCUT2D eigenvalue weighted by Gasteiger charge is 2.06. The van der Waals surface area contributed by atoms with Crippen molar-refractivity contribution in [1.82, 2.24) is 0 Å². The molecule has 0 fully saturated rings. The van der Waals surface area contributed by atoms with Gasteiger partial charge in [0.15, 0.2) is 5.78 Å². The number of hydrogen-bond donors (Lipinski definition) is 0. The second-order valence-electron chi connectivity index (χ2n) is 3.76. The molecular formula is C14H10Br2O. The molecule has 0 spiro atoms. The third-order valence-corrected chi connectivity index (χ3v) is 3.72. The van der Waals surface area contributed by atoms with Gasteiger partial charge >= 0.3 is 0 Å². The van der Waals surface area contributed by atoms with E-state index in [9.17, 15) is 4.79 Å². The average Bonchev–Trinajstić information content (AvgIpc) is 2.30. The van der Waals surface area contributed by atoms with Crippen LogP contribution in [0.4, 0.5) is 0 Å². The van der Waals surface area contributed by atoms with Crippen molar-refractivity contribution in [3.63, 3.8) is 0 Å². The number of Topliss-reactive ketones (excluding diaryl/α,β-unsaturated/α-hetero) is 1. The monoisotopic (exact) mass is 352 g/mol. The lowest BCUT2D eigenvalue weighted by Gasteiger charge is -2.06. The molecule has 0 aliphatic heterocycles. The van der Waals surface area contributed by atoms with E-state index in [4.69, 9.17) is 0 Å². The quantitative estimate of drug-likeness (QED) is 0.688. The summed E-state index contributed by atoms with van der Waals surface area (Å²) in [6, 6.07) is 13.8. The molecule has 1 nitrogen and oxygen atoms in total. The molecule has 0 aliphatic rings. The van der Waals surface area contributed by atoms with Gasteiger partial charge in [-0.1, -0.05) is 56.1 Å². The normalized spacial score (nSPS) is 10.3. The Morgan fingerprint density at radius 3 is 2.18 bits per heavy atom. The second-order valence-corrected chi connectivity index (χ2v) is 5.53. The average molecular weight is 354 g/mol. The van der Waals surface area contributed by atoms with Crippen LogP contribution in [0.25, 0.3) is 11.1 Å². The maximum absolute atomic E-state index is 11.3. The van der Waals surface area contributed by atoms with E-state index in [-0.39, 0.29) is 5.78 Å². The molecule has 0 aromatic heterocycles. The van der Waals surface area contributed by atoms with Crippen molar-refractivity contribution in [2.24, 2.45) is 0 Å². The van der Waals surface area contributed by atoms with Crippen molar-refractivity contribution in [3.8, 4) is 11.1 Å². The van der Waals surface area contributed by atoms with Gasteiger partial charge in [-0.3, -0.25) is 4.79 Å². The maximum atomic E-state index is 11.3. The number of carbonyl (C=O) groups excluding carboxylic acids is 1.